The van der Waals surface area contributed by atoms with Gasteiger partial charge in [-0.3, -0.25) is 0 Å². The predicted molar refractivity (Wildman–Crippen MR) is 84.6 cm³/mol. The Morgan fingerprint density at radius 2 is 1.95 bits per heavy atom. The van der Waals surface area contributed by atoms with E-state index in [2.05, 4.69) is 4.98 Å². The number of hydrogen-bond donors (Lipinski definition) is 0. The molecule has 0 saturated heterocycles. The summed E-state index contributed by atoms with van der Waals surface area (Å²) in [5, 5.41) is 0.770. The second kappa shape index (κ2) is 5.29. The fourth-order valence-corrected chi connectivity index (χ4v) is 3.75. The first-order valence-electron chi connectivity index (χ1n) is 5.97. The van der Waals surface area contributed by atoms with E-state index in [0.717, 1.165) is 20.8 Å². The van der Waals surface area contributed by atoms with Crippen molar-refractivity contribution in [2.45, 2.75) is 4.90 Å². The molecule has 3 aromatic rings. The Kier molecular flexibility index (Phi) is 3.61. The van der Waals surface area contributed by atoms with Gasteiger partial charge in [-0.1, -0.05) is 12.1 Å². The molecule has 0 aliphatic heterocycles. The van der Waals surface area contributed by atoms with E-state index in [1.54, 1.807) is 6.07 Å². The number of nitrogens with zero attached hydrogens (tertiary/aromatic N) is 1. The molecule has 0 amide bonds. The molecule has 0 unspecified atom stereocenters. The standard InChI is InChI=1S/C14H10ClNO3S2/c1-19-12-8-9(21(15,17)18)6-7-10(12)14-16-11-4-2-3-5-13(11)20-14/h2-8H,1H3. The lowest BCUT2D eigenvalue weighted by Crippen LogP contribution is -1.94. The normalized spacial score (nSPS) is 11.7. The Balaban J connectivity index is 2.17. The molecular weight excluding hydrogens is 330 g/mol. The van der Waals surface area contributed by atoms with E-state index < -0.39 is 9.05 Å². The zero-order valence-corrected chi connectivity index (χ0v) is 13.3. The molecule has 0 aliphatic carbocycles. The van der Waals surface area contributed by atoms with E-state index in [1.165, 1.54) is 30.6 Å². The summed E-state index contributed by atoms with van der Waals surface area (Å²) in [6.45, 7) is 0. The minimum Gasteiger partial charge on any atom is -0.496 e. The molecule has 0 bridgehead atoms. The van der Waals surface area contributed by atoms with Crippen LogP contribution in [-0.2, 0) is 9.05 Å². The summed E-state index contributed by atoms with van der Waals surface area (Å²) >= 11 is 1.52. The van der Waals surface area contributed by atoms with Crippen molar-refractivity contribution in [1.29, 1.82) is 0 Å². The highest BCUT2D eigenvalue weighted by molar-refractivity contribution is 8.13. The van der Waals surface area contributed by atoms with E-state index in [4.69, 9.17) is 15.4 Å². The van der Waals surface area contributed by atoms with E-state index >= 15 is 0 Å². The van der Waals surface area contributed by atoms with Crippen LogP contribution in [-0.4, -0.2) is 20.5 Å². The van der Waals surface area contributed by atoms with Crippen molar-refractivity contribution in [1.82, 2.24) is 4.98 Å². The van der Waals surface area contributed by atoms with Crippen molar-refractivity contribution in [2.75, 3.05) is 7.11 Å². The maximum Gasteiger partial charge on any atom is 0.261 e. The lowest BCUT2D eigenvalue weighted by Gasteiger charge is -2.07. The molecule has 4 nitrogen and oxygen atoms in total. The Bertz CT molecular complexity index is 886. The van der Waals surface area contributed by atoms with Gasteiger partial charge in [-0.2, -0.15) is 0 Å². The van der Waals surface area contributed by atoms with Gasteiger partial charge in [0, 0.05) is 16.7 Å². The second-order valence-corrected chi connectivity index (χ2v) is 7.88. The van der Waals surface area contributed by atoms with Gasteiger partial charge in [-0.05, 0) is 24.3 Å². The topological polar surface area (TPSA) is 56.3 Å². The van der Waals surface area contributed by atoms with Crippen molar-refractivity contribution in [3.8, 4) is 16.3 Å². The molecule has 0 spiro atoms. The Morgan fingerprint density at radius 1 is 1.19 bits per heavy atom. The highest BCUT2D eigenvalue weighted by Crippen LogP contribution is 2.37. The molecule has 3 rings (SSSR count). The van der Waals surface area contributed by atoms with Gasteiger partial charge in [0.2, 0.25) is 0 Å². The van der Waals surface area contributed by atoms with Gasteiger partial charge in [-0.15, -0.1) is 11.3 Å². The van der Waals surface area contributed by atoms with Gasteiger partial charge < -0.3 is 4.74 Å². The van der Waals surface area contributed by atoms with Crippen LogP contribution in [0.3, 0.4) is 0 Å². The monoisotopic (exact) mass is 339 g/mol. The summed E-state index contributed by atoms with van der Waals surface area (Å²) in [5.74, 6) is 0.427. The molecule has 0 aliphatic rings. The number of ether oxygens (including phenoxy) is 1. The largest absolute Gasteiger partial charge is 0.496 e. The van der Waals surface area contributed by atoms with Crippen LogP contribution in [0.4, 0.5) is 0 Å². The van der Waals surface area contributed by atoms with Gasteiger partial charge in [0.15, 0.2) is 0 Å². The quantitative estimate of drug-likeness (QED) is 0.679. The van der Waals surface area contributed by atoms with Crippen molar-refractivity contribution in [3.63, 3.8) is 0 Å². The fourth-order valence-electron chi connectivity index (χ4n) is 1.99. The number of benzene rings is 2. The summed E-state index contributed by atoms with van der Waals surface area (Å²) in [6, 6.07) is 12.3. The summed E-state index contributed by atoms with van der Waals surface area (Å²) < 4.78 is 29.1. The van der Waals surface area contributed by atoms with Crippen molar-refractivity contribution < 1.29 is 13.2 Å². The molecule has 0 radical (unpaired) electrons. The minimum absolute atomic E-state index is 0.00544. The number of hydrogen-bond acceptors (Lipinski definition) is 5. The number of aromatic nitrogens is 1. The maximum atomic E-state index is 11.4. The molecule has 108 valence electrons. The van der Waals surface area contributed by atoms with Crippen LogP contribution in [0.1, 0.15) is 0 Å². The van der Waals surface area contributed by atoms with Crippen LogP contribution < -0.4 is 4.74 Å². The predicted octanol–water partition coefficient (Wildman–Crippen LogP) is 3.90. The van der Waals surface area contributed by atoms with E-state index in [0.29, 0.717) is 5.75 Å². The Morgan fingerprint density at radius 3 is 2.62 bits per heavy atom. The summed E-state index contributed by atoms with van der Waals surface area (Å²) in [5.41, 5.74) is 1.64. The van der Waals surface area contributed by atoms with Crippen LogP contribution >= 0.6 is 22.0 Å². The summed E-state index contributed by atoms with van der Waals surface area (Å²) in [4.78, 5) is 4.54. The highest BCUT2D eigenvalue weighted by atomic mass is 35.7. The molecule has 1 aromatic heterocycles. The second-order valence-electron chi connectivity index (χ2n) is 4.29. The zero-order chi connectivity index (χ0) is 15.0. The number of rotatable bonds is 3. The first kappa shape index (κ1) is 14.3. The van der Waals surface area contributed by atoms with E-state index in [9.17, 15) is 8.42 Å². The molecule has 0 fully saturated rings. The average molecular weight is 340 g/mol. The zero-order valence-electron chi connectivity index (χ0n) is 10.9. The first-order chi connectivity index (χ1) is 9.99. The average Bonchev–Trinajstić information content (AvgIpc) is 2.89. The highest BCUT2D eigenvalue weighted by Gasteiger charge is 2.16. The number of methoxy groups -OCH3 is 1. The Hall–Kier alpha value is -1.63. The summed E-state index contributed by atoms with van der Waals surface area (Å²) in [7, 11) is 3.05. The smallest absolute Gasteiger partial charge is 0.261 e. The Labute approximate surface area is 130 Å². The number of fused-ring (bicyclic) bond motifs is 1. The first-order valence-corrected chi connectivity index (χ1v) is 9.10. The molecule has 7 heteroatoms. The maximum absolute atomic E-state index is 11.4. The molecule has 0 atom stereocenters. The molecule has 2 aromatic carbocycles. The van der Waals surface area contributed by atoms with Crippen LogP contribution in [0.5, 0.6) is 5.75 Å². The number of halogens is 1. The lowest BCUT2D eigenvalue weighted by molar-refractivity contribution is 0.415. The number of thiazole rings is 1. The third-order valence-electron chi connectivity index (χ3n) is 2.98. The third kappa shape index (κ3) is 2.74. The van der Waals surface area contributed by atoms with Crippen molar-refractivity contribution >= 4 is 41.3 Å². The van der Waals surface area contributed by atoms with Gasteiger partial charge in [-0.25, -0.2) is 13.4 Å². The van der Waals surface area contributed by atoms with E-state index in [-0.39, 0.29) is 4.90 Å². The minimum atomic E-state index is -3.78. The third-order valence-corrected chi connectivity index (χ3v) is 5.40. The molecule has 0 saturated carbocycles. The molecule has 0 N–H and O–H groups in total. The van der Waals surface area contributed by atoms with E-state index in [1.807, 2.05) is 24.3 Å². The molecule has 1 heterocycles. The van der Waals surface area contributed by atoms with Crippen molar-refractivity contribution in [3.05, 3.63) is 42.5 Å². The van der Waals surface area contributed by atoms with Crippen LogP contribution in [0.15, 0.2) is 47.4 Å². The van der Waals surface area contributed by atoms with Gasteiger partial charge in [0.05, 0.1) is 27.8 Å². The molecule has 21 heavy (non-hydrogen) atoms. The summed E-state index contributed by atoms with van der Waals surface area (Å²) in [6.07, 6.45) is 0. The SMILES string of the molecule is COc1cc(S(=O)(=O)Cl)ccc1-c1nc2ccccc2s1. The lowest BCUT2D eigenvalue weighted by atomic mass is 10.2. The van der Waals surface area contributed by atoms with Gasteiger partial charge in [0.1, 0.15) is 10.8 Å². The number of para-hydroxylation sites is 1. The fraction of sp³-hybridized carbons (Fsp3) is 0.0714. The molecular formula is C14H10ClNO3S2. The van der Waals surface area contributed by atoms with Crippen LogP contribution in [0, 0.1) is 0 Å². The van der Waals surface area contributed by atoms with Crippen LogP contribution in [0.25, 0.3) is 20.8 Å². The van der Waals surface area contributed by atoms with Crippen LogP contribution in [0.2, 0.25) is 0 Å². The van der Waals surface area contributed by atoms with Crippen molar-refractivity contribution in [2.24, 2.45) is 0 Å². The van der Waals surface area contributed by atoms with Gasteiger partial charge >= 0.3 is 0 Å². The van der Waals surface area contributed by atoms with Gasteiger partial charge in [0.25, 0.3) is 9.05 Å².